The number of carbonyl (C=O) groups excluding carboxylic acids is 1. The second kappa shape index (κ2) is 7.48. The fourth-order valence-corrected chi connectivity index (χ4v) is 2.08. The highest BCUT2D eigenvalue weighted by Crippen LogP contribution is 2.15. The number of carbonyl (C=O) groups is 1. The van der Waals surface area contributed by atoms with Gasteiger partial charge in [0.25, 0.3) is 0 Å². The molecule has 3 atom stereocenters. The Bertz CT molecular complexity index is 530. The summed E-state index contributed by atoms with van der Waals surface area (Å²) >= 11 is 0. The van der Waals surface area contributed by atoms with Gasteiger partial charge in [-0.3, -0.25) is 4.79 Å². The Labute approximate surface area is 126 Å². The van der Waals surface area contributed by atoms with Crippen molar-refractivity contribution in [1.29, 1.82) is 0 Å². The lowest BCUT2D eigenvalue weighted by Gasteiger charge is -2.15. The van der Waals surface area contributed by atoms with Crippen LogP contribution in [0.1, 0.15) is 6.42 Å². The zero-order valence-electron chi connectivity index (χ0n) is 11.8. The lowest BCUT2D eigenvalue weighted by Crippen LogP contribution is -2.44. The summed E-state index contributed by atoms with van der Waals surface area (Å²) in [6, 6.07) is 2.57. The molecule has 1 saturated heterocycles. The number of nitrogens with one attached hydrogen (secondary N) is 2. The summed E-state index contributed by atoms with van der Waals surface area (Å²) in [7, 11) is 0. The number of ether oxygens (including phenoxy) is 1. The number of benzene rings is 1. The second-order valence-corrected chi connectivity index (χ2v) is 5.14. The molecule has 22 heavy (non-hydrogen) atoms. The van der Waals surface area contributed by atoms with E-state index in [1.807, 2.05) is 0 Å². The maximum Gasteiger partial charge on any atom is 0.237 e. The number of hydrogen-bond acceptors (Lipinski definition) is 5. The molecular formula is C14H18F2N2O4. The Morgan fingerprint density at radius 1 is 1.45 bits per heavy atom. The van der Waals surface area contributed by atoms with Gasteiger partial charge in [0.05, 0.1) is 12.1 Å². The van der Waals surface area contributed by atoms with Crippen molar-refractivity contribution >= 4 is 5.91 Å². The molecule has 6 nitrogen and oxygen atoms in total. The molecule has 1 aromatic rings. The Morgan fingerprint density at radius 2 is 2.23 bits per heavy atom. The highest BCUT2D eigenvalue weighted by atomic mass is 19.2. The van der Waals surface area contributed by atoms with Crippen LogP contribution in [0.15, 0.2) is 18.2 Å². The van der Waals surface area contributed by atoms with Gasteiger partial charge in [0, 0.05) is 19.2 Å². The van der Waals surface area contributed by atoms with Crippen molar-refractivity contribution in [3.8, 4) is 5.75 Å². The van der Waals surface area contributed by atoms with Crippen LogP contribution in [-0.2, 0) is 4.79 Å². The van der Waals surface area contributed by atoms with Gasteiger partial charge in [-0.15, -0.1) is 0 Å². The lowest BCUT2D eigenvalue weighted by molar-refractivity contribution is -0.123. The smallest absolute Gasteiger partial charge is 0.237 e. The Hall–Kier alpha value is -1.77. The molecule has 1 heterocycles. The van der Waals surface area contributed by atoms with Crippen molar-refractivity contribution in [2.24, 2.45) is 0 Å². The molecule has 0 saturated carbocycles. The predicted molar refractivity (Wildman–Crippen MR) is 73.3 cm³/mol. The number of aliphatic hydroxyl groups is 2. The molecule has 0 spiro atoms. The highest BCUT2D eigenvalue weighted by Gasteiger charge is 2.28. The predicted octanol–water partition coefficient (Wildman–Crippen LogP) is -0.457. The molecule has 1 fully saturated rings. The van der Waals surface area contributed by atoms with Crippen molar-refractivity contribution in [3.63, 3.8) is 0 Å². The van der Waals surface area contributed by atoms with Gasteiger partial charge in [-0.1, -0.05) is 0 Å². The van der Waals surface area contributed by atoms with Crippen LogP contribution in [-0.4, -0.2) is 54.1 Å². The van der Waals surface area contributed by atoms with Crippen LogP contribution in [0.2, 0.25) is 0 Å². The number of amides is 1. The molecule has 122 valence electrons. The molecule has 0 aromatic heterocycles. The molecule has 1 aromatic carbocycles. The van der Waals surface area contributed by atoms with Gasteiger partial charge in [-0.25, -0.2) is 8.78 Å². The largest absolute Gasteiger partial charge is 0.491 e. The van der Waals surface area contributed by atoms with Crippen LogP contribution in [0, 0.1) is 11.6 Å². The molecular weight excluding hydrogens is 298 g/mol. The first-order valence-corrected chi connectivity index (χ1v) is 6.91. The highest BCUT2D eigenvalue weighted by molar-refractivity contribution is 5.82. The number of rotatable bonds is 6. The first-order valence-electron chi connectivity index (χ1n) is 6.91. The Kier molecular flexibility index (Phi) is 5.64. The average molecular weight is 316 g/mol. The van der Waals surface area contributed by atoms with E-state index in [1.165, 1.54) is 6.07 Å². The fraction of sp³-hybridized carbons (Fsp3) is 0.500. The molecule has 0 radical (unpaired) electrons. The van der Waals surface area contributed by atoms with Crippen molar-refractivity contribution in [2.75, 3.05) is 19.7 Å². The molecule has 1 amide bonds. The van der Waals surface area contributed by atoms with Crippen molar-refractivity contribution in [2.45, 2.75) is 24.7 Å². The van der Waals surface area contributed by atoms with E-state index in [4.69, 9.17) is 4.74 Å². The summed E-state index contributed by atoms with van der Waals surface area (Å²) in [5.41, 5.74) is 0. The van der Waals surface area contributed by atoms with Crippen molar-refractivity contribution in [1.82, 2.24) is 10.6 Å². The maximum absolute atomic E-state index is 13.0. The van der Waals surface area contributed by atoms with Crippen LogP contribution in [0.4, 0.5) is 8.78 Å². The summed E-state index contributed by atoms with van der Waals surface area (Å²) in [5, 5.41) is 24.4. The maximum atomic E-state index is 13.0. The minimum Gasteiger partial charge on any atom is -0.491 e. The SMILES string of the molecule is O=C(NC[C@H](O)COc1ccc(F)c(F)c1)[C@H]1C[C@H](O)CN1. The third kappa shape index (κ3) is 4.62. The van der Waals surface area contributed by atoms with Gasteiger partial charge in [0.15, 0.2) is 11.6 Å². The van der Waals surface area contributed by atoms with E-state index in [1.54, 1.807) is 0 Å². The lowest BCUT2D eigenvalue weighted by atomic mass is 10.2. The molecule has 1 aliphatic rings. The van der Waals surface area contributed by atoms with E-state index in [0.717, 1.165) is 12.1 Å². The quantitative estimate of drug-likeness (QED) is 0.570. The number of halogens is 2. The van der Waals surface area contributed by atoms with E-state index < -0.39 is 29.9 Å². The number of aliphatic hydroxyl groups excluding tert-OH is 2. The molecule has 8 heteroatoms. The van der Waals surface area contributed by atoms with Crippen LogP contribution < -0.4 is 15.4 Å². The standard InChI is InChI=1S/C14H18F2N2O4/c15-11-2-1-10(4-12(11)16)22-7-9(20)6-18-14(21)13-3-8(19)5-17-13/h1-2,4,8-9,13,17,19-20H,3,5-7H2,(H,18,21)/t8-,9-,13+/m0/s1. The van der Waals surface area contributed by atoms with Crippen LogP contribution in [0.3, 0.4) is 0 Å². The molecule has 1 aliphatic heterocycles. The fourth-order valence-electron chi connectivity index (χ4n) is 2.08. The third-order valence-electron chi connectivity index (χ3n) is 3.27. The number of hydrogen-bond donors (Lipinski definition) is 4. The molecule has 4 N–H and O–H groups in total. The topological polar surface area (TPSA) is 90.8 Å². The molecule has 2 rings (SSSR count). The van der Waals surface area contributed by atoms with Crippen molar-refractivity contribution < 1.29 is 28.5 Å². The average Bonchev–Trinajstić information content (AvgIpc) is 2.92. The van der Waals surface area contributed by atoms with E-state index >= 15 is 0 Å². The van der Waals surface area contributed by atoms with Gasteiger partial charge in [0.2, 0.25) is 5.91 Å². The minimum absolute atomic E-state index is 0.0449. The molecule has 0 bridgehead atoms. The van der Waals surface area contributed by atoms with E-state index in [9.17, 15) is 23.8 Å². The van der Waals surface area contributed by atoms with Gasteiger partial charge < -0.3 is 25.6 Å². The zero-order chi connectivity index (χ0) is 16.1. The van der Waals surface area contributed by atoms with Gasteiger partial charge in [0.1, 0.15) is 18.5 Å². The third-order valence-corrected chi connectivity index (χ3v) is 3.27. The van der Waals surface area contributed by atoms with Crippen LogP contribution in [0.5, 0.6) is 5.75 Å². The Balaban J connectivity index is 1.70. The summed E-state index contributed by atoms with van der Waals surface area (Å²) in [5.74, 6) is -2.24. The Morgan fingerprint density at radius 3 is 2.86 bits per heavy atom. The zero-order valence-corrected chi connectivity index (χ0v) is 11.8. The van der Waals surface area contributed by atoms with Crippen LogP contribution in [0.25, 0.3) is 0 Å². The summed E-state index contributed by atoms with van der Waals surface area (Å²) in [6.45, 7) is 0.142. The normalized spacial score (nSPS) is 22.4. The second-order valence-electron chi connectivity index (χ2n) is 5.14. The summed E-state index contributed by atoms with van der Waals surface area (Å²) in [4.78, 5) is 11.7. The molecule has 0 unspecified atom stereocenters. The molecule has 0 aliphatic carbocycles. The van der Waals surface area contributed by atoms with E-state index in [2.05, 4.69) is 10.6 Å². The van der Waals surface area contributed by atoms with E-state index in [-0.39, 0.29) is 24.8 Å². The van der Waals surface area contributed by atoms with Gasteiger partial charge in [-0.2, -0.15) is 0 Å². The minimum atomic E-state index is -1.04. The monoisotopic (exact) mass is 316 g/mol. The van der Waals surface area contributed by atoms with Gasteiger partial charge >= 0.3 is 0 Å². The van der Waals surface area contributed by atoms with Gasteiger partial charge in [-0.05, 0) is 18.6 Å². The summed E-state index contributed by atoms with van der Waals surface area (Å²) in [6.07, 6.45) is -1.21. The van der Waals surface area contributed by atoms with E-state index in [0.29, 0.717) is 13.0 Å². The number of β-amino-alcohol motifs (C(OH)–C–C–N with tert-alkyl or cyclic N) is 1. The first kappa shape index (κ1) is 16.6. The summed E-state index contributed by atoms with van der Waals surface area (Å²) < 4.78 is 30.8. The van der Waals surface area contributed by atoms with Crippen LogP contribution >= 0.6 is 0 Å². The van der Waals surface area contributed by atoms with Crippen molar-refractivity contribution in [3.05, 3.63) is 29.8 Å². The first-order chi connectivity index (χ1) is 10.5.